The first-order valence-electron chi connectivity index (χ1n) is 7.49. The summed E-state index contributed by atoms with van der Waals surface area (Å²) in [7, 11) is 0. The van der Waals surface area contributed by atoms with E-state index >= 15 is 0 Å². The molecule has 2 aromatic rings. The summed E-state index contributed by atoms with van der Waals surface area (Å²) in [5.41, 5.74) is 1.13. The van der Waals surface area contributed by atoms with Crippen LogP contribution in [0.15, 0.2) is 36.4 Å². The van der Waals surface area contributed by atoms with Crippen LogP contribution in [0.25, 0.3) is 0 Å². The molecule has 1 aromatic carbocycles. The number of nitrogens with zero attached hydrogens (tertiary/aromatic N) is 3. The summed E-state index contributed by atoms with van der Waals surface area (Å²) in [6, 6.07) is 12.1. The maximum atomic E-state index is 6.18. The Hall–Kier alpha value is -1.61. The second-order valence-electron chi connectivity index (χ2n) is 5.40. The van der Waals surface area contributed by atoms with Gasteiger partial charge in [0.15, 0.2) is 0 Å². The van der Waals surface area contributed by atoms with Gasteiger partial charge in [0.25, 0.3) is 0 Å². The first-order valence-corrected chi connectivity index (χ1v) is 7.86. The van der Waals surface area contributed by atoms with E-state index in [9.17, 15) is 0 Å². The van der Waals surface area contributed by atoms with Crippen molar-refractivity contribution in [3.05, 3.63) is 47.4 Å². The Kier molecular flexibility index (Phi) is 5.57. The van der Waals surface area contributed by atoms with E-state index in [0.29, 0.717) is 5.15 Å². The van der Waals surface area contributed by atoms with Gasteiger partial charge in [0.1, 0.15) is 16.8 Å². The predicted molar refractivity (Wildman–Crippen MR) is 89.5 cm³/mol. The van der Waals surface area contributed by atoms with Gasteiger partial charge in [-0.05, 0) is 18.6 Å². The van der Waals surface area contributed by atoms with Crippen LogP contribution in [0.3, 0.4) is 0 Å². The number of hydrogen-bond acceptors (Lipinski definition) is 3. The van der Waals surface area contributed by atoms with E-state index in [2.05, 4.69) is 42.8 Å². The lowest BCUT2D eigenvalue weighted by Gasteiger charge is -2.24. The van der Waals surface area contributed by atoms with Crippen molar-refractivity contribution in [1.82, 2.24) is 9.97 Å². The van der Waals surface area contributed by atoms with Crippen molar-refractivity contribution < 1.29 is 0 Å². The van der Waals surface area contributed by atoms with Gasteiger partial charge in [0.2, 0.25) is 0 Å². The van der Waals surface area contributed by atoms with Gasteiger partial charge in [-0.1, -0.05) is 57.0 Å². The van der Waals surface area contributed by atoms with Gasteiger partial charge in [-0.25, -0.2) is 9.97 Å². The summed E-state index contributed by atoms with van der Waals surface area (Å²) < 4.78 is 0. The fourth-order valence-corrected chi connectivity index (χ4v) is 2.30. The standard InChI is InChI=1S/C17H22ClN3/c1-4-5-11-21(14-9-7-6-8-10-14)16-12-15(18)19-17(20-16)13(2)3/h6-10,12-13H,4-5,11H2,1-3H3. The van der Waals surface area contributed by atoms with Crippen molar-refractivity contribution in [2.45, 2.75) is 39.5 Å². The van der Waals surface area contributed by atoms with E-state index < -0.39 is 0 Å². The molecule has 0 N–H and O–H groups in total. The number of unbranched alkanes of at least 4 members (excludes halogenated alkanes) is 1. The van der Waals surface area contributed by atoms with E-state index in [1.54, 1.807) is 0 Å². The van der Waals surface area contributed by atoms with Crippen LogP contribution in [0, 0.1) is 0 Å². The lowest BCUT2D eigenvalue weighted by molar-refractivity contribution is 0.749. The molecule has 0 unspecified atom stereocenters. The Morgan fingerprint density at radius 3 is 2.48 bits per heavy atom. The van der Waals surface area contributed by atoms with Crippen molar-refractivity contribution >= 4 is 23.1 Å². The van der Waals surface area contributed by atoms with Crippen molar-refractivity contribution in [2.24, 2.45) is 0 Å². The molecule has 1 heterocycles. The highest BCUT2D eigenvalue weighted by molar-refractivity contribution is 6.29. The third kappa shape index (κ3) is 4.18. The van der Waals surface area contributed by atoms with Crippen LogP contribution in [-0.2, 0) is 0 Å². The average Bonchev–Trinajstić information content (AvgIpc) is 2.48. The lowest BCUT2D eigenvalue weighted by atomic mass is 10.2. The molecular weight excluding hydrogens is 282 g/mol. The average molecular weight is 304 g/mol. The van der Waals surface area contributed by atoms with Crippen LogP contribution in [0.4, 0.5) is 11.5 Å². The van der Waals surface area contributed by atoms with Gasteiger partial charge in [0, 0.05) is 24.2 Å². The van der Waals surface area contributed by atoms with Gasteiger partial charge in [-0.3, -0.25) is 0 Å². The molecule has 0 amide bonds. The summed E-state index contributed by atoms with van der Waals surface area (Å²) in [6.07, 6.45) is 2.24. The number of hydrogen-bond donors (Lipinski definition) is 0. The molecule has 0 saturated heterocycles. The Balaban J connectivity index is 2.41. The molecule has 2 rings (SSSR count). The summed E-state index contributed by atoms with van der Waals surface area (Å²) >= 11 is 6.18. The molecule has 0 saturated carbocycles. The zero-order valence-electron chi connectivity index (χ0n) is 12.9. The largest absolute Gasteiger partial charge is 0.326 e. The molecule has 0 bridgehead atoms. The monoisotopic (exact) mass is 303 g/mol. The maximum Gasteiger partial charge on any atom is 0.138 e. The molecule has 0 spiro atoms. The number of benzene rings is 1. The Bertz CT molecular complexity index is 570. The third-order valence-electron chi connectivity index (χ3n) is 3.29. The Morgan fingerprint density at radius 1 is 1.14 bits per heavy atom. The van der Waals surface area contributed by atoms with Crippen LogP contribution < -0.4 is 4.90 Å². The molecule has 0 atom stereocenters. The van der Waals surface area contributed by atoms with E-state index in [-0.39, 0.29) is 5.92 Å². The van der Waals surface area contributed by atoms with Crippen LogP contribution in [0.1, 0.15) is 45.4 Å². The van der Waals surface area contributed by atoms with Gasteiger partial charge >= 0.3 is 0 Å². The minimum Gasteiger partial charge on any atom is -0.326 e. The van der Waals surface area contributed by atoms with Gasteiger partial charge < -0.3 is 4.90 Å². The molecule has 21 heavy (non-hydrogen) atoms. The molecule has 3 nitrogen and oxygen atoms in total. The van der Waals surface area contributed by atoms with Crippen molar-refractivity contribution in [3.8, 4) is 0 Å². The van der Waals surface area contributed by atoms with Crippen LogP contribution in [0.5, 0.6) is 0 Å². The summed E-state index contributed by atoms with van der Waals surface area (Å²) in [5, 5.41) is 0.501. The molecule has 0 fully saturated rings. The molecule has 0 radical (unpaired) electrons. The van der Waals surface area contributed by atoms with E-state index in [0.717, 1.165) is 36.7 Å². The third-order valence-corrected chi connectivity index (χ3v) is 3.49. The highest BCUT2D eigenvalue weighted by atomic mass is 35.5. The van der Waals surface area contributed by atoms with Gasteiger partial charge in [0.05, 0.1) is 0 Å². The first-order chi connectivity index (χ1) is 10.1. The molecule has 0 aliphatic carbocycles. The van der Waals surface area contributed by atoms with Crippen molar-refractivity contribution in [2.75, 3.05) is 11.4 Å². The number of para-hydroxylation sites is 1. The fourth-order valence-electron chi connectivity index (χ4n) is 2.12. The number of aromatic nitrogens is 2. The smallest absolute Gasteiger partial charge is 0.138 e. The minimum atomic E-state index is 0.256. The summed E-state index contributed by atoms with van der Waals surface area (Å²) in [5.74, 6) is 1.92. The highest BCUT2D eigenvalue weighted by Gasteiger charge is 2.14. The van der Waals surface area contributed by atoms with Crippen LogP contribution in [-0.4, -0.2) is 16.5 Å². The minimum absolute atomic E-state index is 0.256. The second kappa shape index (κ2) is 7.41. The molecular formula is C17H22ClN3. The lowest BCUT2D eigenvalue weighted by Crippen LogP contribution is -2.20. The number of anilines is 2. The maximum absolute atomic E-state index is 6.18. The number of rotatable bonds is 6. The van der Waals surface area contributed by atoms with E-state index in [4.69, 9.17) is 16.6 Å². The summed E-state index contributed by atoms with van der Waals surface area (Å²) in [6.45, 7) is 7.27. The summed E-state index contributed by atoms with van der Waals surface area (Å²) in [4.78, 5) is 11.2. The molecule has 4 heteroatoms. The van der Waals surface area contributed by atoms with Crippen LogP contribution >= 0.6 is 11.6 Å². The second-order valence-corrected chi connectivity index (χ2v) is 5.79. The van der Waals surface area contributed by atoms with E-state index in [1.807, 2.05) is 24.3 Å². The zero-order chi connectivity index (χ0) is 15.2. The Labute approximate surface area is 132 Å². The normalized spacial score (nSPS) is 10.9. The SMILES string of the molecule is CCCCN(c1ccccc1)c1cc(Cl)nc(C(C)C)n1. The first kappa shape index (κ1) is 15.8. The van der Waals surface area contributed by atoms with E-state index in [1.165, 1.54) is 0 Å². The van der Waals surface area contributed by atoms with Gasteiger partial charge in [-0.2, -0.15) is 0 Å². The quantitative estimate of drug-likeness (QED) is 0.687. The number of halogens is 1. The fraction of sp³-hybridized carbons (Fsp3) is 0.412. The predicted octanol–water partition coefficient (Wildman–Crippen LogP) is 5.19. The molecule has 112 valence electrons. The zero-order valence-corrected chi connectivity index (χ0v) is 13.6. The molecule has 0 aliphatic rings. The van der Waals surface area contributed by atoms with Crippen molar-refractivity contribution in [3.63, 3.8) is 0 Å². The molecule has 0 aliphatic heterocycles. The Morgan fingerprint density at radius 2 is 1.86 bits per heavy atom. The topological polar surface area (TPSA) is 29.0 Å². The van der Waals surface area contributed by atoms with Gasteiger partial charge in [-0.15, -0.1) is 0 Å². The molecule has 1 aromatic heterocycles. The highest BCUT2D eigenvalue weighted by Crippen LogP contribution is 2.27. The van der Waals surface area contributed by atoms with Crippen molar-refractivity contribution in [1.29, 1.82) is 0 Å². The van der Waals surface area contributed by atoms with Crippen LogP contribution in [0.2, 0.25) is 5.15 Å².